The Hall–Kier alpha value is -2.52. The molecule has 0 bridgehead atoms. The fourth-order valence-corrected chi connectivity index (χ4v) is 5.42. The first kappa shape index (κ1) is 20.7. The van der Waals surface area contributed by atoms with Gasteiger partial charge in [0.25, 0.3) is 5.91 Å². The fourth-order valence-electron chi connectivity index (χ4n) is 4.28. The molecule has 9 heteroatoms. The lowest BCUT2D eigenvalue weighted by atomic mass is 9.94. The molecule has 2 aromatic heterocycles. The maximum absolute atomic E-state index is 13.2. The molecule has 1 unspecified atom stereocenters. The lowest BCUT2D eigenvalue weighted by Gasteiger charge is -2.37. The predicted octanol–water partition coefficient (Wildman–Crippen LogP) is 1.81. The molecule has 30 heavy (non-hydrogen) atoms. The molecule has 4 heterocycles. The minimum absolute atomic E-state index is 0.0620. The number of morpholine rings is 1. The molecular formula is C21H26N4O4S. The summed E-state index contributed by atoms with van der Waals surface area (Å²) in [5.41, 5.74) is 0.811. The Bertz CT molecular complexity index is 967. The summed E-state index contributed by atoms with van der Waals surface area (Å²) < 4.78 is 6.03. The van der Waals surface area contributed by atoms with Crippen LogP contribution in [0, 0.1) is 5.92 Å². The van der Waals surface area contributed by atoms with E-state index >= 15 is 0 Å². The number of carbonyl (C=O) groups excluding carboxylic acids is 3. The second-order valence-electron chi connectivity index (χ2n) is 7.70. The molecule has 2 aromatic rings. The van der Waals surface area contributed by atoms with E-state index in [1.165, 1.54) is 11.3 Å². The largest absolute Gasteiger partial charge is 0.370 e. The standard InChI is InChI=1S/C21H26N4O4S/c1-13(26)24-8-5-14(6-9-24)21(28)25-10-11-29-16(12-25)17-15-4-3-7-23-20(15)30-18(17)19(27)22-2/h3-4,7,14,16H,5-6,8-12H2,1-2H3,(H,22,27). The Kier molecular flexibility index (Phi) is 6.01. The van der Waals surface area contributed by atoms with Gasteiger partial charge in [0.15, 0.2) is 0 Å². The molecule has 4 rings (SSSR count). The van der Waals surface area contributed by atoms with Gasteiger partial charge in [0.05, 0.1) is 13.2 Å². The molecule has 2 aliphatic heterocycles. The van der Waals surface area contributed by atoms with E-state index in [1.54, 1.807) is 25.1 Å². The first-order valence-corrected chi connectivity index (χ1v) is 11.1. The quantitative estimate of drug-likeness (QED) is 0.802. The van der Waals surface area contributed by atoms with Crippen LogP contribution in [0.4, 0.5) is 0 Å². The highest BCUT2D eigenvalue weighted by Crippen LogP contribution is 2.37. The van der Waals surface area contributed by atoms with Crippen LogP contribution in [0.5, 0.6) is 0 Å². The van der Waals surface area contributed by atoms with Gasteiger partial charge in [0.1, 0.15) is 15.8 Å². The third-order valence-corrected chi connectivity index (χ3v) is 7.06. The van der Waals surface area contributed by atoms with Gasteiger partial charge in [-0.15, -0.1) is 11.3 Å². The van der Waals surface area contributed by atoms with Crippen molar-refractivity contribution in [2.24, 2.45) is 5.92 Å². The zero-order valence-corrected chi connectivity index (χ0v) is 18.0. The zero-order chi connectivity index (χ0) is 21.3. The van der Waals surface area contributed by atoms with Crippen molar-refractivity contribution in [1.29, 1.82) is 0 Å². The number of nitrogens with zero attached hydrogens (tertiary/aromatic N) is 3. The van der Waals surface area contributed by atoms with Crippen molar-refractivity contribution >= 4 is 39.3 Å². The van der Waals surface area contributed by atoms with Gasteiger partial charge >= 0.3 is 0 Å². The maximum Gasteiger partial charge on any atom is 0.261 e. The molecule has 8 nitrogen and oxygen atoms in total. The van der Waals surface area contributed by atoms with Crippen molar-refractivity contribution in [2.45, 2.75) is 25.9 Å². The van der Waals surface area contributed by atoms with Gasteiger partial charge in [-0.1, -0.05) is 6.07 Å². The molecule has 0 radical (unpaired) electrons. The van der Waals surface area contributed by atoms with E-state index in [0.717, 1.165) is 15.8 Å². The minimum atomic E-state index is -0.370. The molecule has 2 saturated heterocycles. The molecule has 0 spiro atoms. The number of hydrogen-bond donors (Lipinski definition) is 1. The number of fused-ring (bicyclic) bond motifs is 1. The fraction of sp³-hybridized carbons (Fsp3) is 0.524. The van der Waals surface area contributed by atoms with E-state index in [4.69, 9.17) is 4.74 Å². The molecular weight excluding hydrogens is 404 g/mol. The molecule has 1 atom stereocenters. The molecule has 2 fully saturated rings. The second kappa shape index (κ2) is 8.69. The highest BCUT2D eigenvalue weighted by atomic mass is 32.1. The van der Waals surface area contributed by atoms with Crippen LogP contribution >= 0.6 is 11.3 Å². The van der Waals surface area contributed by atoms with Crippen LogP contribution in [0.1, 0.15) is 41.1 Å². The number of ether oxygens (including phenoxy) is 1. The smallest absolute Gasteiger partial charge is 0.261 e. The number of hydrogen-bond acceptors (Lipinski definition) is 6. The van der Waals surface area contributed by atoms with E-state index in [0.29, 0.717) is 50.5 Å². The molecule has 3 amide bonds. The number of piperidine rings is 1. The lowest BCUT2D eigenvalue weighted by molar-refractivity contribution is -0.146. The Morgan fingerprint density at radius 3 is 2.67 bits per heavy atom. The predicted molar refractivity (Wildman–Crippen MR) is 113 cm³/mol. The third kappa shape index (κ3) is 3.91. The summed E-state index contributed by atoms with van der Waals surface area (Å²) in [7, 11) is 1.61. The highest BCUT2D eigenvalue weighted by molar-refractivity contribution is 7.20. The first-order chi connectivity index (χ1) is 14.5. The maximum atomic E-state index is 13.2. The van der Waals surface area contributed by atoms with E-state index in [1.807, 2.05) is 17.0 Å². The Morgan fingerprint density at radius 1 is 1.20 bits per heavy atom. The Morgan fingerprint density at radius 2 is 1.97 bits per heavy atom. The number of rotatable bonds is 3. The van der Waals surface area contributed by atoms with Crippen molar-refractivity contribution in [3.8, 4) is 0 Å². The zero-order valence-electron chi connectivity index (χ0n) is 17.2. The molecule has 0 aliphatic carbocycles. The number of pyridine rings is 1. The van der Waals surface area contributed by atoms with Gasteiger partial charge in [0, 0.05) is 56.7 Å². The molecule has 2 aliphatic rings. The highest BCUT2D eigenvalue weighted by Gasteiger charge is 2.35. The van der Waals surface area contributed by atoms with Gasteiger partial charge in [-0.25, -0.2) is 4.98 Å². The lowest BCUT2D eigenvalue weighted by Crippen LogP contribution is -2.48. The van der Waals surface area contributed by atoms with E-state index in [9.17, 15) is 14.4 Å². The van der Waals surface area contributed by atoms with Crippen molar-refractivity contribution in [3.05, 3.63) is 28.8 Å². The van der Waals surface area contributed by atoms with E-state index < -0.39 is 0 Å². The van der Waals surface area contributed by atoms with Gasteiger partial charge in [-0.3, -0.25) is 14.4 Å². The van der Waals surface area contributed by atoms with Crippen LogP contribution < -0.4 is 5.32 Å². The molecule has 0 aromatic carbocycles. The summed E-state index contributed by atoms with van der Waals surface area (Å²) in [4.78, 5) is 46.6. The Labute approximate surface area is 179 Å². The minimum Gasteiger partial charge on any atom is -0.370 e. The van der Waals surface area contributed by atoms with Gasteiger partial charge < -0.3 is 19.9 Å². The number of nitrogens with one attached hydrogen (secondary N) is 1. The van der Waals surface area contributed by atoms with E-state index in [-0.39, 0.29) is 29.7 Å². The summed E-state index contributed by atoms with van der Waals surface area (Å²) in [6.07, 6.45) is 2.72. The van der Waals surface area contributed by atoms with Crippen molar-refractivity contribution < 1.29 is 19.1 Å². The second-order valence-corrected chi connectivity index (χ2v) is 8.70. The molecule has 0 saturated carbocycles. The van der Waals surface area contributed by atoms with Crippen LogP contribution in [0.15, 0.2) is 18.3 Å². The summed E-state index contributed by atoms with van der Waals surface area (Å²) in [6, 6.07) is 3.79. The topological polar surface area (TPSA) is 91.8 Å². The van der Waals surface area contributed by atoms with Crippen molar-refractivity contribution in [1.82, 2.24) is 20.1 Å². The normalized spacial score (nSPS) is 20.4. The van der Waals surface area contributed by atoms with Gasteiger partial charge in [-0.2, -0.15) is 0 Å². The SMILES string of the molecule is CNC(=O)c1sc2ncccc2c1C1CN(C(=O)C2CCN(C(C)=O)CC2)CCO1. The Balaban J connectivity index is 1.54. The van der Waals surface area contributed by atoms with Crippen LogP contribution in [0.3, 0.4) is 0 Å². The summed E-state index contributed by atoms with van der Waals surface area (Å²) >= 11 is 1.35. The molecule has 160 valence electrons. The number of aromatic nitrogens is 1. The monoisotopic (exact) mass is 430 g/mol. The van der Waals surface area contributed by atoms with Gasteiger partial charge in [0.2, 0.25) is 11.8 Å². The number of likely N-dealkylation sites (tertiary alicyclic amines) is 1. The summed E-state index contributed by atoms with van der Waals surface area (Å²) in [5.74, 6) is -0.0621. The van der Waals surface area contributed by atoms with E-state index in [2.05, 4.69) is 10.3 Å². The van der Waals surface area contributed by atoms with Crippen molar-refractivity contribution in [2.75, 3.05) is 39.8 Å². The summed E-state index contributed by atoms with van der Waals surface area (Å²) in [5, 5.41) is 3.59. The van der Waals surface area contributed by atoms with Crippen LogP contribution in [-0.4, -0.2) is 72.3 Å². The molecule has 1 N–H and O–H groups in total. The summed E-state index contributed by atoms with van der Waals surface area (Å²) in [6.45, 7) is 4.20. The average Bonchev–Trinajstić information content (AvgIpc) is 3.18. The number of amides is 3. The van der Waals surface area contributed by atoms with Crippen LogP contribution in [0.25, 0.3) is 10.2 Å². The van der Waals surface area contributed by atoms with Gasteiger partial charge in [-0.05, 0) is 18.9 Å². The van der Waals surface area contributed by atoms with Crippen molar-refractivity contribution in [3.63, 3.8) is 0 Å². The number of thiophene rings is 1. The first-order valence-electron chi connectivity index (χ1n) is 10.2. The van der Waals surface area contributed by atoms with Crippen LogP contribution in [0.2, 0.25) is 0 Å². The van der Waals surface area contributed by atoms with Crippen LogP contribution in [-0.2, 0) is 14.3 Å². The average molecular weight is 431 g/mol. The third-order valence-electron chi connectivity index (χ3n) is 5.93. The number of carbonyl (C=O) groups is 3.